The molecule has 0 radical (unpaired) electrons. The van der Waals surface area contributed by atoms with Crippen LogP contribution in [-0.2, 0) is 13.1 Å². The van der Waals surface area contributed by atoms with Crippen molar-refractivity contribution in [2.45, 2.75) is 33.9 Å². The number of halogens is 1. The van der Waals surface area contributed by atoms with Crippen molar-refractivity contribution in [2.24, 2.45) is 0 Å². The Bertz CT molecular complexity index is 615. The number of benzene rings is 2. The number of nitrogens with zero attached hydrogens (tertiary/aromatic N) is 1. The van der Waals surface area contributed by atoms with Gasteiger partial charge in [0.05, 0.1) is 0 Å². The summed E-state index contributed by atoms with van der Waals surface area (Å²) in [5.74, 6) is 0. The summed E-state index contributed by atoms with van der Waals surface area (Å²) in [6.07, 6.45) is 0. The summed E-state index contributed by atoms with van der Waals surface area (Å²) in [6.45, 7) is 8.43. The van der Waals surface area contributed by atoms with Crippen LogP contribution in [-0.4, -0.2) is 0 Å². The maximum atomic E-state index is 6.23. The minimum Gasteiger partial charge on any atom is -0.363 e. The molecule has 1 heterocycles. The third kappa shape index (κ3) is 2.12. The lowest BCUT2D eigenvalue weighted by molar-refractivity contribution is 0.875. The molecule has 98 valence electrons. The Morgan fingerprint density at radius 1 is 0.947 bits per heavy atom. The van der Waals surface area contributed by atoms with Gasteiger partial charge in [0, 0.05) is 23.8 Å². The van der Waals surface area contributed by atoms with E-state index in [1.165, 1.54) is 33.5 Å². The Kier molecular flexibility index (Phi) is 3.02. The molecule has 1 aliphatic heterocycles. The van der Waals surface area contributed by atoms with Gasteiger partial charge in [0.1, 0.15) is 0 Å². The van der Waals surface area contributed by atoms with Gasteiger partial charge in [-0.25, -0.2) is 0 Å². The van der Waals surface area contributed by atoms with Gasteiger partial charge in [0.15, 0.2) is 0 Å². The van der Waals surface area contributed by atoms with E-state index in [1.807, 2.05) is 12.1 Å². The first kappa shape index (κ1) is 12.6. The molecule has 1 aliphatic rings. The van der Waals surface area contributed by atoms with Crippen molar-refractivity contribution in [2.75, 3.05) is 4.90 Å². The van der Waals surface area contributed by atoms with Crippen LogP contribution in [0.15, 0.2) is 30.3 Å². The van der Waals surface area contributed by atoms with Crippen molar-refractivity contribution >= 4 is 17.3 Å². The number of aryl methyl sites for hydroxylation is 2. The van der Waals surface area contributed by atoms with Crippen LogP contribution >= 0.6 is 11.6 Å². The van der Waals surface area contributed by atoms with E-state index in [0.29, 0.717) is 0 Å². The monoisotopic (exact) mass is 271 g/mol. The van der Waals surface area contributed by atoms with E-state index < -0.39 is 0 Å². The van der Waals surface area contributed by atoms with Crippen molar-refractivity contribution in [3.8, 4) is 0 Å². The van der Waals surface area contributed by atoms with Gasteiger partial charge in [-0.2, -0.15) is 0 Å². The van der Waals surface area contributed by atoms with E-state index in [4.69, 9.17) is 11.6 Å². The van der Waals surface area contributed by atoms with Crippen LogP contribution in [0.1, 0.15) is 27.8 Å². The van der Waals surface area contributed by atoms with E-state index >= 15 is 0 Å². The summed E-state index contributed by atoms with van der Waals surface area (Å²) in [5.41, 5.74) is 8.07. The first-order valence-electron chi connectivity index (χ1n) is 6.65. The quantitative estimate of drug-likeness (QED) is 0.721. The SMILES string of the molecule is Cc1cc2c(cc1C)CN(c1cccc(Cl)c1C)C2. The van der Waals surface area contributed by atoms with E-state index in [1.54, 1.807) is 0 Å². The summed E-state index contributed by atoms with van der Waals surface area (Å²) >= 11 is 6.23. The van der Waals surface area contributed by atoms with Gasteiger partial charge < -0.3 is 4.90 Å². The third-order valence-corrected chi connectivity index (χ3v) is 4.53. The molecular formula is C17H18ClN. The fourth-order valence-corrected chi connectivity index (χ4v) is 2.98. The maximum Gasteiger partial charge on any atom is 0.0455 e. The van der Waals surface area contributed by atoms with Gasteiger partial charge in [-0.15, -0.1) is 0 Å². The van der Waals surface area contributed by atoms with Crippen LogP contribution in [0.5, 0.6) is 0 Å². The summed E-state index contributed by atoms with van der Waals surface area (Å²) in [5, 5.41) is 0.848. The topological polar surface area (TPSA) is 3.24 Å². The molecular weight excluding hydrogens is 254 g/mol. The molecule has 0 N–H and O–H groups in total. The normalized spacial score (nSPS) is 13.8. The lowest BCUT2D eigenvalue weighted by atomic mass is 10.0. The average Bonchev–Trinajstić information content (AvgIpc) is 2.76. The molecule has 2 heteroatoms. The zero-order valence-corrected chi connectivity index (χ0v) is 12.4. The van der Waals surface area contributed by atoms with Gasteiger partial charge in [-0.1, -0.05) is 29.8 Å². The van der Waals surface area contributed by atoms with Gasteiger partial charge in [0.25, 0.3) is 0 Å². The average molecular weight is 272 g/mol. The van der Waals surface area contributed by atoms with Crippen LogP contribution in [0.25, 0.3) is 0 Å². The maximum absolute atomic E-state index is 6.23. The molecule has 0 fully saturated rings. The fraction of sp³-hybridized carbons (Fsp3) is 0.294. The molecule has 2 aromatic carbocycles. The fourth-order valence-electron chi connectivity index (χ4n) is 2.81. The lowest BCUT2D eigenvalue weighted by Gasteiger charge is -2.20. The highest BCUT2D eigenvalue weighted by molar-refractivity contribution is 6.31. The van der Waals surface area contributed by atoms with Gasteiger partial charge in [-0.05, 0) is 60.7 Å². The summed E-state index contributed by atoms with van der Waals surface area (Å²) in [7, 11) is 0. The van der Waals surface area contributed by atoms with Gasteiger partial charge in [0.2, 0.25) is 0 Å². The van der Waals surface area contributed by atoms with Crippen LogP contribution in [0.2, 0.25) is 5.02 Å². The van der Waals surface area contributed by atoms with Crippen molar-refractivity contribution < 1.29 is 0 Å². The van der Waals surface area contributed by atoms with Crippen molar-refractivity contribution in [3.05, 3.63) is 63.2 Å². The molecule has 0 saturated heterocycles. The molecule has 2 aromatic rings. The third-order valence-electron chi connectivity index (χ3n) is 4.12. The number of fused-ring (bicyclic) bond motifs is 1. The Balaban J connectivity index is 1.97. The molecule has 0 unspecified atom stereocenters. The number of rotatable bonds is 1. The standard InChI is InChI=1S/C17H18ClN/c1-11-7-14-9-19(10-15(14)8-12(11)2)17-6-4-5-16(18)13(17)3/h4-8H,9-10H2,1-3H3. The minimum atomic E-state index is 0.848. The zero-order valence-electron chi connectivity index (χ0n) is 11.6. The second kappa shape index (κ2) is 4.57. The van der Waals surface area contributed by atoms with E-state index in [-0.39, 0.29) is 0 Å². The molecule has 1 nitrogen and oxygen atoms in total. The van der Waals surface area contributed by atoms with E-state index in [9.17, 15) is 0 Å². The number of anilines is 1. The van der Waals surface area contributed by atoms with Gasteiger partial charge >= 0.3 is 0 Å². The van der Waals surface area contributed by atoms with E-state index in [2.05, 4.69) is 43.9 Å². The second-order valence-electron chi connectivity index (χ2n) is 5.45. The van der Waals surface area contributed by atoms with E-state index in [0.717, 1.165) is 18.1 Å². The van der Waals surface area contributed by atoms with Crippen LogP contribution in [0, 0.1) is 20.8 Å². The number of hydrogen-bond donors (Lipinski definition) is 0. The Labute approximate surface area is 119 Å². The van der Waals surface area contributed by atoms with Crippen molar-refractivity contribution in [1.82, 2.24) is 0 Å². The lowest BCUT2D eigenvalue weighted by Crippen LogP contribution is -2.15. The summed E-state index contributed by atoms with van der Waals surface area (Å²) < 4.78 is 0. The predicted molar refractivity (Wildman–Crippen MR) is 82.0 cm³/mol. The molecule has 0 saturated carbocycles. The summed E-state index contributed by atoms with van der Waals surface area (Å²) in [4.78, 5) is 2.41. The summed E-state index contributed by atoms with van der Waals surface area (Å²) in [6, 6.07) is 10.8. The van der Waals surface area contributed by atoms with Crippen LogP contribution in [0.4, 0.5) is 5.69 Å². The smallest absolute Gasteiger partial charge is 0.0455 e. The Morgan fingerprint density at radius 3 is 2.11 bits per heavy atom. The number of hydrogen-bond acceptors (Lipinski definition) is 1. The van der Waals surface area contributed by atoms with Crippen LogP contribution < -0.4 is 4.90 Å². The molecule has 0 atom stereocenters. The highest BCUT2D eigenvalue weighted by Crippen LogP contribution is 2.34. The predicted octanol–water partition coefficient (Wildman–Crippen LogP) is 4.79. The van der Waals surface area contributed by atoms with Crippen molar-refractivity contribution in [3.63, 3.8) is 0 Å². The second-order valence-corrected chi connectivity index (χ2v) is 5.85. The Hall–Kier alpha value is -1.47. The minimum absolute atomic E-state index is 0.848. The zero-order chi connectivity index (χ0) is 13.6. The highest BCUT2D eigenvalue weighted by atomic mass is 35.5. The molecule has 3 rings (SSSR count). The molecule has 0 aliphatic carbocycles. The van der Waals surface area contributed by atoms with Crippen LogP contribution in [0.3, 0.4) is 0 Å². The highest BCUT2D eigenvalue weighted by Gasteiger charge is 2.21. The van der Waals surface area contributed by atoms with Crippen molar-refractivity contribution in [1.29, 1.82) is 0 Å². The molecule has 19 heavy (non-hydrogen) atoms. The molecule has 0 aromatic heterocycles. The first-order valence-corrected chi connectivity index (χ1v) is 7.03. The largest absolute Gasteiger partial charge is 0.363 e. The first-order chi connectivity index (χ1) is 9.06. The molecule has 0 spiro atoms. The molecule has 0 bridgehead atoms. The van der Waals surface area contributed by atoms with Gasteiger partial charge in [-0.3, -0.25) is 0 Å². The Morgan fingerprint density at radius 2 is 1.53 bits per heavy atom. The molecule has 0 amide bonds.